The van der Waals surface area contributed by atoms with E-state index in [4.69, 9.17) is 5.73 Å². The third-order valence-electron chi connectivity index (χ3n) is 1.81. The molecule has 4 N–H and O–H groups in total. The summed E-state index contributed by atoms with van der Waals surface area (Å²) in [5.74, 6) is -1.54. The van der Waals surface area contributed by atoms with Crippen LogP contribution in [0, 0.1) is 3.57 Å². The van der Waals surface area contributed by atoms with E-state index >= 15 is 0 Å². The Morgan fingerprint density at radius 3 is 2.61 bits per heavy atom. The maximum Gasteiger partial charge on any atom is 0.313 e. The highest BCUT2D eigenvalue weighted by Crippen LogP contribution is 2.22. The van der Waals surface area contributed by atoms with Crippen LogP contribution in [0.4, 0.5) is 5.69 Å². The van der Waals surface area contributed by atoms with Crippen LogP contribution in [0.15, 0.2) is 22.7 Å². The molecule has 0 unspecified atom stereocenters. The van der Waals surface area contributed by atoms with E-state index in [0.717, 1.165) is 8.04 Å². The van der Waals surface area contributed by atoms with Gasteiger partial charge in [0.15, 0.2) is 0 Å². The molecular weight excluding hydrogens is 433 g/mol. The lowest BCUT2D eigenvalue weighted by molar-refractivity contribution is -0.135. The maximum atomic E-state index is 11.5. The first-order chi connectivity index (χ1) is 8.40. The molecule has 0 heterocycles. The van der Waals surface area contributed by atoms with Crippen molar-refractivity contribution in [2.45, 2.75) is 0 Å². The number of nitrogens with one attached hydrogen (secondary N) is 2. The topological polar surface area (TPSA) is 84.2 Å². The molecule has 0 radical (unpaired) electrons. The standard InChI is InChI=1S/C10H9BrIN3O2S/c11-6-3-5(1-2-7(6)12)15-10(17)9(16)14-4-8(13)18/h1-3H,4H2,(H2,13,18)(H,14,16)(H,15,17). The van der Waals surface area contributed by atoms with Crippen molar-refractivity contribution in [1.82, 2.24) is 5.32 Å². The zero-order chi connectivity index (χ0) is 13.7. The minimum absolute atomic E-state index is 0.00201. The summed E-state index contributed by atoms with van der Waals surface area (Å²) in [6, 6.07) is 5.22. The van der Waals surface area contributed by atoms with E-state index in [1.807, 2.05) is 6.07 Å². The van der Waals surface area contributed by atoms with Crippen molar-refractivity contribution in [2.24, 2.45) is 5.73 Å². The summed E-state index contributed by atoms with van der Waals surface area (Å²) >= 11 is 10.1. The predicted molar refractivity (Wildman–Crippen MR) is 85.3 cm³/mol. The van der Waals surface area contributed by atoms with Crippen LogP contribution >= 0.6 is 50.7 Å². The minimum Gasteiger partial charge on any atom is -0.392 e. The molecule has 2 amide bonds. The van der Waals surface area contributed by atoms with Crippen LogP contribution in [0.1, 0.15) is 0 Å². The summed E-state index contributed by atoms with van der Waals surface area (Å²) in [7, 11) is 0. The van der Waals surface area contributed by atoms with Gasteiger partial charge in [0.2, 0.25) is 0 Å². The lowest BCUT2D eigenvalue weighted by atomic mass is 10.3. The molecule has 0 bridgehead atoms. The number of thiocarbonyl (C=S) groups is 1. The molecule has 0 saturated heterocycles. The van der Waals surface area contributed by atoms with Gasteiger partial charge in [-0.15, -0.1) is 0 Å². The number of amides is 2. The fraction of sp³-hybridized carbons (Fsp3) is 0.100. The van der Waals surface area contributed by atoms with Crippen molar-refractivity contribution in [3.63, 3.8) is 0 Å². The lowest BCUT2D eigenvalue weighted by Crippen LogP contribution is -2.39. The zero-order valence-electron chi connectivity index (χ0n) is 9.00. The molecule has 0 aromatic heterocycles. The molecule has 1 aromatic rings. The second kappa shape index (κ2) is 7.00. The van der Waals surface area contributed by atoms with Gasteiger partial charge in [0.1, 0.15) is 0 Å². The highest BCUT2D eigenvalue weighted by molar-refractivity contribution is 14.1. The molecule has 0 atom stereocenters. The summed E-state index contributed by atoms with van der Waals surface area (Å²) in [4.78, 5) is 23.0. The molecule has 0 aliphatic carbocycles. The minimum atomic E-state index is -0.780. The van der Waals surface area contributed by atoms with E-state index in [-0.39, 0.29) is 11.5 Å². The average molecular weight is 442 g/mol. The van der Waals surface area contributed by atoms with E-state index in [0.29, 0.717) is 5.69 Å². The monoisotopic (exact) mass is 441 g/mol. The summed E-state index contributed by atoms with van der Waals surface area (Å²) in [5, 5.41) is 4.76. The van der Waals surface area contributed by atoms with E-state index in [1.54, 1.807) is 12.1 Å². The van der Waals surface area contributed by atoms with Gasteiger partial charge in [0.05, 0.1) is 11.5 Å². The Morgan fingerprint density at radius 2 is 2.06 bits per heavy atom. The van der Waals surface area contributed by atoms with E-state index in [2.05, 4.69) is 61.4 Å². The van der Waals surface area contributed by atoms with Crippen LogP contribution < -0.4 is 16.4 Å². The summed E-state index contributed by atoms with van der Waals surface area (Å²) in [6.07, 6.45) is 0. The molecule has 0 fully saturated rings. The Balaban J connectivity index is 2.61. The molecule has 0 aliphatic rings. The first kappa shape index (κ1) is 15.3. The first-order valence-electron chi connectivity index (χ1n) is 4.72. The van der Waals surface area contributed by atoms with E-state index in [9.17, 15) is 9.59 Å². The van der Waals surface area contributed by atoms with Gasteiger partial charge in [0.25, 0.3) is 0 Å². The van der Waals surface area contributed by atoms with E-state index in [1.165, 1.54) is 0 Å². The molecule has 0 spiro atoms. The van der Waals surface area contributed by atoms with Crippen molar-refractivity contribution in [2.75, 3.05) is 11.9 Å². The number of nitrogens with two attached hydrogens (primary N) is 1. The lowest BCUT2D eigenvalue weighted by Gasteiger charge is -2.06. The molecule has 0 aliphatic heterocycles. The third kappa shape index (κ3) is 4.86. The van der Waals surface area contributed by atoms with Gasteiger partial charge in [-0.2, -0.15) is 0 Å². The first-order valence-corrected chi connectivity index (χ1v) is 7.00. The molecular formula is C10H9BrIN3O2S. The van der Waals surface area contributed by atoms with Gasteiger partial charge in [-0.25, -0.2) is 0 Å². The normalized spacial score (nSPS) is 9.67. The van der Waals surface area contributed by atoms with E-state index < -0.39 is 11.8 Å². The fourth-order valence-electron chi connectivity index (χ4n) is 1.01. The Kier molecular flexibility index (Phi) is 5.96. The van der Waals surface area contributed by atoms with Crippen LogP contribution in [-0.2, 0) is 9.59 Å². The van der Waals surface area contributed by atoms with Crippen molar-refractivity contribution in [1.29, 1.82) is 0 Å². The van der Waals surface area contributed by atoms with Gasteiger partial charge in [-0.05, 0) is 56.7 Å². The molecule has 18 heavy (non-hydrogen) atoms. The second-order valence-corrected chi connectivity index (χ2v) is 5.77. The number of anilines is 1. The zero-order valence-corrected chi connectivity index (χ0v) is 13.6. The number of carbonyl (C=O) groups excluding carboxylic acids is 2. The smallest absolute Gasteiger partial charge is 0.313 e. The van der Waals surface area contributed by atoms with Crippen molar-refractivity contribution in [3.8, 4) is 0 Å². The van der Waals surface area contributed by atoms with Crippen LogP contribution in [-0.4, -0.2) is 23.3 Å². The predicted octanol–water partition coefficient (Wildman–Crippen LogP) is 1.39. The van der Waals surface area contributed by atoms with Gasteiger partial charge in [-0.3, -0.25) is 9.59 Å². The highest BCUT2D eigenvalue weighted by atomic mass is 127. The van der Waals surface area contributed by atoms with Gasteiger partial charge in [-0.1, -0.05) is 12.2 Å². The van der Waals surface area contributed by atoms with Crippen LogP contribution in [0.2, 0.25) is 0 Å². The largest absolute Gasteiger partial charge is 0.392 e. The molecule has 1 aromatic carbocycles. The van der Waals surface area contributed by atoms with Gasteiger partial charge < -0.3 is 16.4 Å². The molecule has 1 rings (SSSR count). The van der Waals surface area contributed by atoms with Gasteiger partial charge >= 0.3 is 11.8 Å². The number of carbonyl (C=O) groups is 2. The number of hydrogen-bond acceptors (Lipinski definition) is 3. The molecule has 0 saturated carbocycles. The van der Waals surface area contributed by atoms with Crippen molar-refractivity contribution < 1.29 is 9.59 Å². The quantitative estimate of drug-likeness (QED) is 0.376. The Labute approximate surface area is 131 Å². The summed E-state index contributed by atoms with van der Waals surface area (Å²) < 4.78 is 1.84. The SMILES string of the molecule is NC(=S)CNC(=O)C(=O)Nc1ccc(I)c(Br)c1. The molecule has 8 heteroatoms. The number of halogens is 2. The fourth-order valence-corrected chi connectivity index (χ4v) is 1.80. The number of hydrogen-bond donors (Lipinski definition) is 3. The third-order valence-corrected chi connectivity index (χ3v) is 4.29. The highest BCUT2D eigenvalue weighted by Gasteiger charge is 2.13. The Hall–Kier alpha value is -0.740. The van der Waals surface area contributed by atoms with Crippen LogP contribution in [0.5, 0.6) is 0 Å². The van der Waals surface area contributed by atoms with Gasteiger partial charge in [0, 0.05) is 13.7 Å². The molecule has 5 nitrogen and oxygen atoms in total. The number of benzene rings is 1. The van der Waals surface area contributed by atoms with Crippen LogP contribution in [0.3, 0.4) is 0 Å². The Morgan fingerprint density at radius 1 is 1.39 bits per heavy atom. The van der Waals surface area contributed by atoms with Crippen LogP contribution in [0.25, 0.3) is 0 Å². The number of rotatable bonds is 3. The summed E-state index contributed by atoms with van der Waals surface area (Å²) in [5.41, 5.74) is 5.73. The maximum absolute atomic E-state index is 11.5. The second-order valence-electron chi connectivity index (χ2n) is 3.23. The summed E-state index contributed by atoms with van der Waals surface area (Å²) in [6.45, 7) is -0.00201. The molecule has 96 valence electrons. The Bertz CT molecular complexity index is 510. The van der Waals surface area contributed by atoms with Crippen molar-refractivity contribution in [3.05, 3.63) is 26.2 Å². The average Bonchev–Trinajstić information content (AvgIpc) is 2.30. The van der Waals surface area contributed by atoms with Crippen molar-refractivity contribution >= 4 is 73.2 Å².